The number of alkyl halides is 3. The van der Waals surface area contributed by atoms with Crippen LogP contribution in [0.4, 0.5) is 23.2 Å². The molecule has 3 rings (SSSR count). The van der Waals surface area contributed by atoms with Crippen molar-refractivity contribution in [3.05, 3.63) is 46.8 Å². The van der Waals surface area contributed by atoms with E-state index in [1.165, 1.54) is 24.6 Å². The highest BCUT2D eigenvalue weighted by molar-refractivity contribution is 6.43. The van der Waals surface area contributed by atoms with Crippen molar-refractivity contribution in [3.63, 3.8) is 0 Å². The number of Topliss-reactive ketones (excluding diaryl/α,β-unsaturated/α-hetero) is 1. The summed E-state index contributed by atoms with van der Waals surface area (Å²) in [4.78, 5) is 41.7. The lowest BCUT2D eigenvalue weighted by Crippen LogP contribution is -2.52. The Labute approximate surface area is 192 Å². The topological polar surface area (TPSA) is 113 Å². The molecule has 0 unspecified atom stereocenters. The molecule has 1 fully saturated rings. The Hall–Kier alpha value is -3.28. The second-order valence-corrected chi connectivity index (χ2v) is 8.42. The van der Waals surface area contributed by atoms with Crippen LogP contribution in [-0.2, 0) is 11.8 Å². The zero-order valence-electron chi connectivity index (χ0n) is 18.7. The van der Waals surface area contributed by atoms with Gasteiger partial charge in [-0.15, -0.1) is 0 Å². The van der Waals surface area contributed by atoms with E-state index in [1.54, 1.807) is 6.92 Å². The van der Waals surface area contributed by atoms with Crippen LogP contribution in [0, 0.1) is 19.8 Å². The number of nitrogens with zero attached hydrogens (tertiary/aromatic N) is 2. The van der Waals surface area contributed by atoms with E-state index in [4.69, 9.17) is 0 Å². The third-order valence-corrected chi connectivity index (χ3v) is 6.24. The van der Waals surface area contributed by atoms with Gasteiger partial charge in [0.15, 0.2) is 5.60 Å². The first-order valence-corrected chi connectivity index (χ1v) is 10.5. The van der Waals surface area contributed by atoms with Gasteiger partial charge in [0.2, 0.25) is 5.95 Å². The minimum Gasteiger partial charge on any atom is -0.380 e. The molecule has 2 amide bonds. The Morgan fingerprint density at radius 2 is 1.79 bits per heavy atom. The molecule has 12 heteroatoms. The van der Waals surface area contributed by atoms with Crippen molar-refractivity contribution in [1.29, 1.82) is 0 Å². The molecule has 0 saturated heterocycles. The first-order valence-electron chi connectivity index (χ1n) is 10.5. The Bertz CT molecular complexity index is 1120. The molecule has 1 saturated carbocycles. The number of amides is 2. The summed E-state index contributed by atoms with van der Waals surface area (Å²) in [6, 6.07) is 1.69. The van der Waals surface area contributed by atoms with Crippen molar-refractivity contribution in [2.75, 3.05) is 5.32 Å². The van der Waals surface area contributed by atoms with Gasteiger partial charge < -0.3 is 20.3 Å². The molecule has 8 nitrogen and oxygen atoms in total. The number of hydrogen-bond donors (Lipinski definition) is 3. The number of carbonyl (C=O) groups is 3. The lowest BCUT2D eigenvalue weighted by Gasteiger charge is -2.37. The summed E-state index contributed by atoms with van der Waals surface area (Å²) in [6.45, 7) is 3.08. The molecule has 1 aliphatic carbocycles. The van der Waals surface area contributed by atoms with Gasteiger partial charge in [-0.3, -0.25) is 14.4 Å². The molecule has 1 aliphatic rings. The molecule has 2 aromatic rings. The molecule has 0 aliphatic heterocycles. The molecule has 0 spiro atoms. The van der Waals surface area contributed by atoms with Crippen LogP contribution >= 0.6 is 0 Å². The maximum atomic E-state index is 13.0. The largest absolute Gasteiger partial charge is 0.417 e. The quantitative estimate of drug-likeness (QED) is 0.261. The highest BCUT2D eigenvalue weighted by Crippen LogP contribution is 2.41. The van der Waals surface area contributed by atoms with Crippen molar-refractivity contribution >= 4 is 23.3 Å². The number of anilines is 1. The summed E-state index contributed by atoms with van der Waals surface area (Å²) in [5.41, 5.74) is -1.82. The summed E-state index contributed by atoms with van der Waals surface area (Å²) >= 11 is 0. The summed E-state index contributed by atoms with van der Waals surface area (Å²) < 4.78 is 53.3. The minimum atomic E-state index is -4.77. The first-order chi connectivity index (χ1) is 15.7. The van der Waals surface area contributed by atoms with Crippen LogP contribution in [0.1, 0.15) is 57.8 Å². The van der Waals surface area contributed by atoms with E-state index < -0.39 is 54.2 Å². The number of ketones is 1. The van der Waals surface area contributed by atoms with Crippen molar-refractivity contribution < 1.29 is 37.1 Å². The fraction of sp³-hybridized carbons (Fsp3) is 0.455. The number of hydrogen-bond acceptors (Lipinski definition) is 5. The second-order valence-electron chi connectivity index (χ2n) is 8.42. The van der Waals surface area contributed by atoms with Gasteiger partial charge in [0.25, 0.3) is 17.6 Å². The van der Waals surface area contributed by atoms with Crippen molar-refractivity contribution in [1.82, 2.24) is 14.9 Å². The van der Waals surface area contributed by atoms with E-state index in [0.717, 1.165) is 12.3 Å². The Balaban J connectivity index is 1.73. The molecule has 34 heavy (non-hydrogen) atoms. The predicted molar refractivity (Wildman–Crippen MR) is 113 cm³/mol. The molecular formula is C22H24F4N4O4. The Kier molecular flexibility index (Phi) is 6.83. The fourth-order valence-electron chi connectivity index (χ4n) is 4.16. The maximum absolute atomic E-state index is 13.0. The van der Waals surface area contributed by atoms with Crippen molar-refractivity contribution in [2.24, 2.45) is 7.05 Å². The van der Waals surface area contributed by atoms with Gasteiger partial charge in [-0.1, -0.05) is 0 Å². The number of aromatic nitrogens is 2. The smallest absolute Gasteiger partial charge is 0.380 e. The van der Waals surface area contributed by atoms with Crippen LogP contribution in [0.25, 0.3) is 0 Å². The van der Waals surface area contributed by atoms with Crippen LogP contribution in [0.15, 0.2) is 18.3 Å². The number of pyridine rings is 1. The lowest BCUT2D eigenvalue weighted by molar-refractivity contribution is -0.270. The van der Waals surface area contributed by atoms with E-state index >= 15 is 0 Å². The number of nitrogens with one attached hydrogen (secondary N) is 2. The normalized spacial score (nSPS) is 20.6. The highest BCUT2D eigenvalue weighted by atomic mass is 19.4. The summed E-state index contributed by atoms with van der Waals surface area (Å²) in [7, 11) is 1.50. The van der Waals surface area contributed by atoms with Crippen LogP contribution in [0.5, 0.6) is 0 Å². The van der Waals surface area contributed by atoms with Crippen LogP contribution < -0.4 is 10.6 Å². The molecular weight excluding hydrogens is 460 g/mol. The average Bonchev–Trinajstić information content (AvgIpc) is 2.98. The molecule has 2 aromatic heterocycles. The number of carbonyl (C=O) groups excluding carboxylic acids is 3. The predicted octanol–water partition coefficient (Wildman–Crippen LogP) is 2.96. The van der Waals surface area contributed by atoms with E-state index in [9.17, 15) is 37.1 Å². The molecule has 3 N–H and O–H groups in total. The third-order valence-electron chi connectivity index (χ3n) is 6.24. The Morgan fingerprint density at radius 1 is 1.18 bits per heavy atom. The summed E-state index contributed by atoms with van der Waals surface area (Å²) in [5.74, 6) is -3.26. The van der Waals surface area contributed by atoms with Gasteiger partial charge >= 0.3 is 6.18 Å². The molecule has 0 aromatic carbocycles. The highest BCUT2D eigenvalue weighted by Gasteiger charge is 2.54. The summed E-state index contributed by atoms with van der Waals surface area (Å²) in [6.07, 6.45) is -5.08. The van der Waals surface area contributed by atoms with Crippen molar-refractivity contribution in [3.8, 4) is 0 Å². The molecule has 0 atom stereocenters. The van der Waals surface area contributed by atoms with E-state index in [0.29, 0.717) is 5.69 Å². The van der Waals surface area contributed by atoms with E-state index in [1.807, 2.05) is 0 Å². The van der Waals surface area contributed by atoms with Crippen LogP contribution in [0.3, 0.4) is 0 Å². The van der Waals surface area contributed by atoms with Gasteiger partial charge in [0.1, 0.15) is 0 Å². The average molecular weight is 484 g/mol. The zero-order chi connectivity index (χ0) is 25.4. The molecule has 0 bridgehead atoms. The van der Waals surface area contributed by atoms with Crippen LogP contribution in [0.2, 0.25) is 0 Å². The van der Waals surface area contributed by atoms with E-state index in [-0.39, 0.29) is 35.3 Å². The first kappa shape index (κ1) is 25.3. The summed E-state index contributed by atoms with van der Waals surface area (Å²) in [5, 5.41) is 14.7. The van der Waals surface area contributed by atoms with Gasteiger partial charge in [0, 0.05) is 18.8 Å². The molecule has 184 valence electrons. The SMILES string of the molecule is Cc1c(C(=O)Nc2ccc(F)nc2)c(C)n(C)c1C(=O)C(=O)N[C@H]1CC[C@](O)(C(F)(F)F)CC1. The zero-order valence-corrected chi connectivity index (χ0v) is 18.7. The van der Waals surface area contributed by atoms with Gasteiger partial charge in [-0.25, -0.2) is 4.98 Å². The second kappa shape index (κ2) is 9.16. The number of aliphatic hydroxyl groups is 1. The molecule has 2 heterocycles. The molecule has 0 radical (unpaired) electrons. The fourth-order valence-corrected chi connectivity index (χ4v) is 4.16. The third kappa shape index (κ3) is 4.81. The Morgan fingerprint density at radius 3 is 2.32 bits per heavy atom. The lowest BCUT2D eigenvalue weighted by atomic mass is 9.81. The van der Waals surface area contributed by atoms with Gasteiger partial charge in [-0.2, -0.15) is 17.6 Å². The van der Waals surface area contributed by atoms with Crippen LogP contribution in [-0.4, -0.2) is 50.1 Å². The number of rotatable bonds is 5. The monoisotopic (exact) mass is 484 g/mol. The maximum Gasteiger partial charge on any atom is 0.417 e. The van der Waals surface area contributed by atoms with E-state index in [2.05, 4.69) is 15.6 Å². The van der Waals surface area contributed by atoms with Gasteiger partial charge in [-0.05, 0) is 57.2 Å². The van der Waals surface area contributed by atoms with Gasteiger partial charge in [0.05, 0.1) is 23.1 Å². The number of halogens is 4. The standard InChI is InChI=1S/C22H24F4N4O4/c1-11-16(19(32)29-14-4-5-15(23)27-10-14)12(2)30(3)17(11)18(31)20(33)28-13-6-8-21(34,9-7-13)22(24,25)26/h4-5,10,13,34H,6-9H2,1-3H3,(H,28,33)(H,29,32)/t13-,21+. The minimum absolute atomic E-state index is 0.0417. The van der Waals surface area contributed by atoms with Crippen molar-refractivity contribution in [2.45, 2.75) is 57.3 Å².